The molecule has 43 heavy (non-hydrogen) atoms. The topological polar surface area (TPSA) is 93.6 Å². The van der Waals surface area contributed by atoms with E-state index in [1.54, 1.807) is 55.5 Å². The molecule has 7 unspecified atom stereocenters. The summed E-state index contributed by atoms with van der Waals surface area (Å²) in [5.74, 6) is -0.154. The molecule has 3 fully saturated rings. The fraction of sp³-hybridized carbons (Fsp3) is 0.250. The summed E-state index contributed by atoms with van der Waals surface area (Å²) in [6.07, 6.45) is 4.50. The molecule has 1 aromatic heterocycles. The van der Waals surface area contributed by atoms with Crippen LogP contribution >= 0.6 is 0 Å². The van der Waals surface area contributed by atoms with Crippen molar-refractivity contribution >= 4 is 40.2 Å². The van der Waals surface area contributed by atoms with Gasteiger partial charge < -0.3 is 4.74 Å². The van der Waals surface area contributed by atoms with Crippen molar-refractivity contribution in [3.63, 3.8) is 0 Å². The maximum atomic E-state index is 13.5. The Kier molecular flexibility index (Phi) is 5.73. The molecule has 5 aliphatic rings. The number of aromatic nitrogens is 1. The Bertz CT molecular complexity index is 1830. The molecule has 7 nitrogen and oxygen atoms in total. The molecule has 0 spiro atoms. The second-order valence-electron chi connectivity index (χ2n) is 12.1. The number of para-hydroxylation sites is 1. The number of amides is 2. The van der Waals surface area contributed by atoms with Crippen LogP contribution in [0.15, 0.2) is 97.1 Å². The van der Waals surface area contributed by atoms with E-state index in [2.05, 4.69) is 12.2 Å². The third-order valence-electron chi connectivity index (χ3n) is 9.73. The minimum atomic E-state index is -0.972. The molecule has 0 N–H and O–H groups in total. The Balaban J connectivity index is 1.08. The molecule has 2 heterocycles. The summed E-state index contributed by atoms with van der Waals surface area (Å²) >= 11 is 0. The Morgan fingerprint density at radius 3 is 2.14 bits per heavy atom. The number of esters is 1. The van der Waals surface area contributed by atoms with Crippen LogP contribution in [0.4, 0.5) is 5.69 Å². The van der Waals surface area contributed by atoms with Gasteiger partial charge in [-0.2, -0.15) is 0 Å². The summed E-state index contributed by atoms with van der Waals surface area (Å²) in [5.41, 5.74) is 3.18. The lowest BCUT2D eigenvalue weighted by Gasteiger charge is -2.37. The largest absolute Gasteiger partial charge is 0.451 e. The van der Waals surface area contributed by atoms with Gasteiger partial charge in [0.2, 0.25) is 17.6 Å². The first-order valence-corrected chi connectivity index (χ1v) is 14.8. The van der Waals surface area contributed by atoms with E-state index in [1.165, 1.54) is 4.90 Å². The van der Waals surface area contributed by atoms with Crippen molar-refractivity contribution in [1.29, 1.82) is 0 Å². The van der Waals surface area contributed by atoms with Crippen LogP contribution in [0.2, 0.25) is 0 Å². The first-order chi connectivity index (χ1) is 20.9. The number of nitrogens with zero attached hydrogens (tertiary/aromatic N) is 2. The highest BCUT2D eigenvalue weighted by Crippen LogP contribution is 2.65. The van der Waals surface area contributed by atoms with Gasteiger partial charge in [-0.1, -0.05) is 72.8 Å². The summed E-state index contributed by atoms with van der Waals surface area (Å²) in [7, 11) is 0. The molecule has 2 bridgehead atoms. The second kappa shape index (κ2) is 9.56. The van der Waals surface area contributed by atoms with Crippen LogP contribution in [0.5, 0.6) is 0 Å². The summed E-state index contributed by atoms with van der Waals surface area (Å²) in [5, 5.41) is 0.615. The first-order valence-electron chi connectivity index (χ1n) is 14.8. The zero-order valence-corrected chi connectivity index (χ0v) is 23.4. The summed E-state index contributed by atoms with van der Waals surface area (Å²) in [6, 6.07) is 24.8. The highest BCUT2D eigenvalue weighted by molar-refractivity contribution is 6.22. The number of ketones is 1. The number of ether oxygens (including phenoxy) is 1. The minimum absolute atomic E-state index is 0.0968. The fourth-order valence-electron chi connectivity index (χ4n) is 7.60. The highest BCUT2D eigenvalue weighted by atomic mass is 16.5. The van der Waals surface area contributed by atoms with Crippen molar-refractivity contribution in [2.24, 2.45) is 35.5 Å². The number of Topliss-reactive ketones (excluding diaryl/α,β-unsaturated/α-hetero) is 1. The van der Waals surface area contributed by atoms with Crippen LogP contribution in [0.25, 0.3) is 22.2 Å². The van der Waals surface area contributed by atoms with Crippen molar-refractivity contribution in [3.05, 3.63) is 108 Å². The van der Waals surface area contributed by atoms with Crippen molar-refractivity contribution in [2.45, 2.75) is 19.4 Å². The van der Waals surface area contributed by atoms with Crippen molar-refractivity contribution in [2.75, 3.05) is 4.90 Å². The van der Waals surface area contributed by atoms with E-state index < -0.39 is 12.1 Å². The first kappa shape index (κ1) is 25.8. The molecule has 212 valence electrons. The quantitative estimate of drug-likeness (QED) is 0.125. The van der Waals surface area contributed by atoms with Gasteiger partial charge in [0.1, 0.15) is 0 Å². The Morgan fingerprint density at radius 2 is 1.47 bits per heavy atom. The van der Waals surface area contributed by atoms with Gasteiger partial charge in [0.15, 0.2) is 6.10 Å². The van der Waals surface area contributed by atoms with Crippen LogP contribution in [-0.4, -0.2) is 34.7 Å². The number of hydrogen-bond acceptors (Lipinski definition) is 6. The Morgan fingerprint density at radius 1 is 0.837 bits per heavy atom. The van der Waals surface area contributed by atoms with E-state index in [9.17, 15) is 19.2 Å². The number of hydrogen-bond donors (Lipinski definition) is 0. The van der Waals surface area contributed by atoms with Gasteiger partial charge in [0.25, 0.3) is 0 Å². The number of pyridine rings is 1. The van der Waals surface area contributed by atoms with Crippen LogP contribution in [0, 0.1) is 35.5 Å². The highest BCUT2D eigenvalue weighted by Gasteiger charge is 2.67. The van der Waals surface area contributed by atoms with Crippen LogP contribution in [0.1, 0.15) is 34.1 Å². The second-order valence-corrected chi connectivity index (χ2v) is 12.1. The lowest BCUT2D eigenvalue weighted by Crippen LogP contribution is -2.40. The summed E-state index contributed by atoms with van der Waals surface area (Å²) in [4.78, 5) is 59.5. The number of fused-ring (bicyclic) bond motifs is 1. The van der Waals surface area contributed by atoms with Crippen molar-refractivity contribution in [3.8, 4) is 11.3 Å². The number of rotatable bonds is 6. The lowest BCUT2D eigenvalue weighted by molar-refractivity contribution is -0.124. The van der Waals surface area contributed by atoms with Gasteiger partial charge in [-0.25, -0.2) is 9.78 Å². The maximum absolute atomic E-state index is 13.5. The minimum Gasteiger partial charge on any atom is -0.451 e. The average molecular weight is 569 g/mol. The Labute approximate surface area is 248 Å². The van der Waals surface area contributed by atoms with Crippen LogP contribution < -0.4 is 4.90 Å². The van der Waals surface area contributed by atoms with Crippen molar-refractivity contribution in [1.82, 2.24) is 4.98 Å². The molecule has 1 saturated heterocycles. The van der Waals surface area contributed by atoms with E-state index >= 15 is 0 Å². The number of allylic oxidation sites excluding steroid dienone is 2. The number of benzene rings is 3. The van der Waals surface area contributed by atoms with Gasteiger partial charge in [-0.3, -0.25) is 19.3 Å². The zero-order chi connectivity index (χ0) is 29.4. The van der Waals surface area contributed by atoms with E-state index in [4.69, 9.17) is 9.72 Å². The smallest absolute Gasteiger partial charge is 0.339 e. The van der Waals surface area contributed by atoms with E-state index in [0.29, 0.717) is 45.2 Å². The predicted octanol–water partition coefficient (Wildman–Crippen LogP) is 5.89. The number of carbonyl (C=O) groups is 4. The molecule has 4 aromatic rings. The summed E-state index contributed by atoms with van der Waals surface area (Å²) < 4.78 is 5.64. The molecule has 2 saturated carbocycles. The normalized spacial score (nSPS) is 27.1. The number of anilines is 1. The Hall–Kier alpha value is -4.91. The third-order valence-corrected chi connectivity index (χ3v) is 9.73. The standard InChI is InChI=1S/C36H28N2O5/c1-19(33(39)21-7-3-2-4-8-21)43-36(42)28-18-30(37-29-10-6-5-9-23(28)29)20-11-13-22(14-12-20)38-34(40)31-24-15-16-25(27-17-26(24)27)32(31)35(38)41/h2-16,18-19,24-27,31-32H,17H2,1H3. The molecule has 4 aliphatic carbocycles. The summed E-state index contributed by atoms with van der Waals surface area (Å²) in [6.45, 7) is 1.57. The van der Waals surface area contributed by atoms with Crippen LogP contribution in [-0.2, 0) is 14.3 Å². The maximum Gasteiger partial charge on any atom is 0.339 e. The van der Waals surface area contributed by atoms with Gasteiger partial charge in [0, 0.05) is 16.5 Å². The SMILES string of the molecule is CC(OC(=O)c1cc(-c2ccc(N3C(=O)C4C5C=CC(C6CC56)C4C3=O)cc2)nc2ccccc12)C(=O)c1ccccc1. The average Bonchev–Trinajstić information content (AvgIpc) is 3.83. The third kappa shape index (κ3) is 3.98. The lowest BCUT2D eigenvalue weighted by atomic mass is 9.63. The molecule has 9 rings (SSSR count). The molecule has 1 aliphatic heterocycles. The van der Waals surface area contributed by atoms with Gasteiger partial charge >= 0.3 is 5.97 Å². The molecule has 3 aromatic carbocycles. The molecular weight excluding hydrogens is 540 g/mol. The molecule has 7 atom stereocenters. The number of imide groups is 1. The molecule has 0 radical (unpaired) electrons. The zero-order valence-electron chi connectivity index (χ0n) is 23.4. The van der Waals surface area contributed by atoms with Gasteiger partial charge in [-0.15, -0.1) is 0 Å². The van der Waals surface area contributed by atoms with Gasteiger partial charge in [-0.05, 0) is 61.3 Å². The van der Waals surface area contributed by atoms with E-state index in [0.717, 1.165) is 12.0 Å². The molecule has 7 heteroatoms. The molecular formula is C36H28N2O5. The van der Waals surface area contributed by atoms with Crippen molar-refractivity contribution < 1.29 is 23.9 Å². The van der Waals surface area contributed by atoms with E-state index in [1.807, 2.05) is 36.4 Å². The fourth-order valence-corrected chi connectivity index (χ4v) is 7.60. The predicted molar refractivity (Wildman–Crippen MR) is 160 cm³/mol. The van der Waals surface area contributed by atoms with Gasteiger partial charge in [0.05, 0.1) is 34.3 Å². The monoisotopic (exact) mass is 568 g/mol. The number of carbonyl (C=O) groups excluding carboxylic acids is 4. The van der Waals surface area contributed by atoms with E-state index in [-0.39, 0.29) is 41.3 Å². The molecule has 2 amide bonds. The van der Waals surface area contributed by atoms with Crippen LogP contribution in [0.3, 0.4) is 0 Å².